The Hall–Kier alpha value is -9.59. The van der Waals surface area contributed by atoms with E-state index < -0.39 is 0 Å². The Balaban J connectivity index is 0.876. The van der Waals surface area contributed by atoms with Crippen molar-refractivity contribution in [3.8, 4) is 62.1 Å². The van der Waals surface area contributed by atoms with Crippen LogP contribution in [-0.2, 0) is 0 Å². The van der Waals surface area contributed by atoms with E-state index in [-0.39, 0.29) is 0 Å². The molecule has 0 aliphatic carbocycles. The lowest BCUT2D eigenvalue weighted by Gasteiger charge is -2.09. The number of hydrogen-bond donors (Lipinski definition) is 0. The number of fused-ring (bicyclic) bond motifs is 12. The number of benzene rings is 10. The molecule has 0 N–H and O–H groups in total. The summed E-state index contributed by atoms with van der Waals surface area (Å²) in [5.74, 6) is 1.67. The van der Waals surface area contributed by atoms with Gasteiger partial charge in [0.15, 0.2) is 17.5 Å². The predicted molar refractivity (Wildman–Crippen MR) is 283 cm³/mol. The van der Waals surface area contributed by atoms with Gasteiger partial charge in [0.1, 0.15) is 33.5 Å². The molecule has 70 heavy (non-hydrogen) atoms. The molecule has 0 spiro atoms. The first-order valence-corrected chi connectivity index (χ1v) is 23.4. The van der Waals surface area contributed by atoms with Crippen molar-refractivity contribution in [2.45, 2.75) is 0 Å². The molecule has 0 saturated heterocycles. The number of para-hydroxylation sites is 3. The zero-order valence-corrected chi connectivity index (χ0v) is 37.3. The van der Waals surface area contributed by atoms with Crippen LogP contribution in [0.4, 0.5) is 0 Å². The van der Waals surface area contributed by atoms with Crippen LogP contribution in [0.5, 0.6) is 0 Å². The van der Waals surface area contributed by atoms with Gasteiger partial charge in [-0.2, -0.15) is 0 Å². The molecule has 0 amide bonds. The van der Waals surface area contributed by atoms with Gasteiger partial charge in [0.2, 0.25) is 0 Å². The van der Waals surface area contributed by atoms with Crippen LogP contribution in [0.2, 0.25) is 0 Å². The van der Waals surface area contributed by atoms with E-state index in [1.54, 1.807) is 0 Å². The number of rotatable bonds is 6. The first kappa shape index (κ1) is 38.5. The van der Waals surface area contributed by atoms with Crippen molar-refractivity contribution in [1.29, 1.82) is 0 Å². The van der Waals surface area contributed by atoms with E-state index in [2.05, 4.69) is 156 Å². The van der Waals surface area contributed by atoms with Gasteiger partial charge in [-0.3, -0.25) is 0 Å². The molecule has 0 saturated carbocycles. The summed E-state index contributed by atoms with van der Waals surface area (Å²) in [6.45, 7) is 0. The van der Waals surface area contributed by atoms with Crippen molar-refractivity contribution >= 4 is 87.6 Å². The van der Waals surface area contributed by atoms with E-state index in [1.807, 2.05) is 66.7 Å². The zero-order valence-electron chi connectivity index (χ0n) is 37.3. The minimum absolute atomic E-state index is 0.547. The maximum Gasteiger partial charge on any atom is 0.164 e. The predicted octanol–water partition coefficient (Wildman–Crippen LogP) is 17.0. The average Bonchev–Trinajstić information content (AvgIpc) is 4.19. The topological polar surface area (TPSA) is 83.0 Å². The Bertz CT molecular complexity index is 4600. The van der Waals surface area contributed by atoms with Gasteiger partial charge in [0, 0.05) is 65.5 Å². The lowest BCUT2D eigenvalue weighted by atomic mass is 9.95. The SMILES string of the molecule is c1ccc(-c2nc(-c3ccc4c(c3)oc3ccccc34)nc(-c3cccc4oc5ccc(-c6cccc7oc8ccc(-c9ccc%10c(c9)c9ccccc9n%10-c9ccccc9)cc8c67)cc5c34)n2)cc1. The Labute approximate surface area is 399 Å². The number of aromatic nitrogens is 4. The fourth-order valence-corrected chi connectivity index (χ4v) is 10.6. The molecule has 5 aromatic heterocycles. The van der Waals surface area contributed by atoms with Crippen LogP contribution in [0, 0.1) is 0 Å². The van der Waals surface area contributed by atoms with Gasteiger partial charge < -0.3 is 17.8 Å². The molecule has 15 rings (SSSR count). The van der Waals surface area contributed by atoms with Gasteiger partial charge in [-0.25, -0.2) is 15.0 Å². The quantitative estimate of drug-likeness (QED) is 0.165. The summed E-state index contributed by atoms with van der Waals surface area (Å²) in [6.07, 6.45) is 0. The highest BCUT2D eigenvalue weighted by Gasteiger charge is 2.21. The lowest BCUT2D eigenvalue weighted by Crippen LogP contribution is -2.00. The van der Waals surface area contributed by atoms with E-state index in [0.29, 0.717) is 17.5 Å². The first-order valence-electron chi connectivity index (χ1n) is 23.4. The number of furan rings is 3. The normalized spacial score (nSPS) is 12.0. The molecule has 7 nitrogen and oxygen atoms in total. The molecular formula is C63H36N4O3. The fourth-order valence-electron chi connectivity index (χ4n) is 10.6. The van der Waals surface area contributed by atoms with E-state index in [0.717, 1.165) is 110 Å². The Morgan fingerprint density at radius 1 is 0.271 bits per heavy atom. The van der Waals surface area contributed by atoms with Crippen LogP contribution in [0.3, 0.4) is 0 Å². The van der Waals surface area contributed by atoms with E-state index >= 15 is 0 Å². The van der Waals surface area contributed by atoms with Crippen LogP contribution in [0.1, 0.15) is 0 Å². The second-order valence-corrected chi connectivity index (χ2v) is 17.9. The van der Waals surface area contributed by atoms with E-state index in [9.17, 15) is 0 Å². The maximum atomic E-state index is 6.60. The standard InChI is InChI=1S/C63H36N4O3/c1-3-13-37(14-4-1)61-64-62(41-25-29-46-45-18-8-10-22-53(45)70-58(46)36-41)66-63(65-61)47-20-12-24-57-60(47)50-35-40(28-32-55(50)69-57)43-19-11-23-56-59(43)49-34-39(27-31-54(49)68-56)38-26-30-52-48(33-38)44-17-7-9-21-51(44)67(52)42-15-5-2-6-16-42/h1-36H. The van der Waals surface area contributed by atoms with Crippen LogP contribution in [-0.4, -0.2) is 19.5 Å². The molecule has 15 aromatic rings. The third kappa shape index (κ3) is 5.91. The molecule has 0 atom stereocenters. The summed E-state index contributed by atoms with van der Waals surface area (Å²) in [7, 11) is 0. The highest BCUT2D eigenvalue weighted by atomic mass is 16.3. The van der Waals surface area contributed by atoms with E-state index in [4.69, 9.17) is 28.2 Å². The molecule has 0 unspecified atom stereocenters. The van der Waals surface area contributed by atoms with Crippen molar-refractivity contribution in [1.82, 2.24) is 19.5 Å². The van der Waals surface area contributed by atoms with Gasteiger partial charge in [0.25, 0.3) is 0 Å². The summed E-state index contributed by atoms with van der Waals surface area (Å²) in [5, 5.41) is 8.56. The summed E-state index contributed by atoms with van der Waals surface area (Å²) in [6, 6.07) is 75.8. The molecule has 0 aliphatic rings. The Morgan fingerprint density at radius 3 is 1.57 bits per heavy atom. The minimum Gasteiger partial charge on any atom is -0.456 e. The van der Waals surface area contributed by atoms with Gasteiger partial charge in [0.05, 0.1) is 11.0 Å². The second kappa shape index (κ2) is 15.0. The fraction of sp³-hybridized carbons (Fsp3) is 0. The zero-order chi connectivity index (χ0) is 45.9. The highest BCUT2D eigenvalue weighted by molar-refractivity contribution is 6.17. The smallest absolute Gasteiger partial charge is 0.164 e. The molecule has 326 valence electrons. The molecule has 0 radical (unpaired) electrons. The van der Waals surface area contributed by atoms with Crippen molar-refractivity contribution < 1.29 is 13.3 Å². The summed E-state index contributed by atoms with van der Waals surface area (Å²) in [4.78, 5) is 15.4. The third-order valence-electron chi connectivity index (χ3n) is 13.9. The van der Waals surface area contributed by atoms with Crippen molar-refractivity contribution in [2.75, 3.05) is 0 Å². The third-order valence-corrected chi connectivity index (χ3v) is 13.9. The first-order chi connectivity index (χ1) is 34.7. The van der Waals surface area contributed by atoms with Crippen molar-refractivity contribution in [3.05, 3.63) is 218 Å². The Morgan fingerprint density at radius 2 is 0.786 bits per heavy atom. The number of nitrogens with zero attached hydrogens (tertiary/aromatic N) is 4. The minimum atomic E-state index is 0.547. The van der Waals surface area contributed by atoms with Gasteiger partial charge in [-0.05, 0) is 107 Å². The molecule has 7 heteroatoms. The molecule has 0 bridgehead atoms. The summed E-state index contributed by atoms with van der Waals surface area (Å²) < 4.78 is 21.8. The molecule has 0 fully saturated rings. The highest BCUT2D eigenvalue weighted by Crippen LogP contribution is 2.43. The van der Waals surface area contributed by atoms with Gasteiger partial charge >= 0.3 is 0 Å². The second-order valence-electron chi connectivity index (χ2n) is 17.9. The monoisotopic (exact) mass is 896 g/mol. The van der Waals surface area contributed by atoms with E-state index in [1.165, 1.54) is 21.8 Å². The van der Waals surface area contributed by atoms with Crippen molar-refractivity contribution in [2.24, 2.45) is 0 Å². The molecule has 0 aliphatic heterocycles. The molecular weight excluding hydrogens is 861 g/mol. The van der Waals surface area contributed by atoms with Crippen LogP contribution < -0.4 is 0 Å². The summed E-state index contributed by atoms with van der Waals surface area (Å²) in [5.41, 5.74) is 15.2. The number of hydrogen-bond acceptors (Lipinski definition) is 6. The molecule has 10 aromatic carbocycles. The maximum absolute atomic E-state index is 6.60. The van der Waals surface area contributed by atoms with Gasteiger partial charge in [-0.1, -0.05) is 133 Å². The van der Waals surface area contributed by atoms with Crippen molar-refractivity contribution in [3.63, 3.8) is 0 Å². The Kier molecular flexibility index (Phi) is 8.23. The average molecular weight is 897 g/mol. The molecule has 5 heterocycles. The lowest BCUT2D eigenvalue weighted by molar-refractivity contribution is 0.668. The summed E-state index contributed by atoms with van der Waals surface area (Å²) >= 11 is 0. The van der Waals surface area contributed by atoms with Gasteiger partial charge in [-0.15, -0.1) is 0 Å². The van der Waals surface area contributed by atoms with Crippen LogP contribution >= 0.6 is 0 Å². The van der Waals surface area contributed by atoms with Crippen LogP contribution in [0.25, 0.3) is 150 Å². The largest absolute Gasteiger partial charge is 0.456 e. The van der Waals surface area contributed by atoms with Crippen LogP contribution in [0.15, 0.2) is 232 Å².